The van der Waals surface area contributed by atoms with E-state index in [1.54, 1.807) is 54.6 Å². The fourth-order valence-electron chi connectivity index (χ4n) is 4.13. The number of ketones is 1. The van der Waals surface area contributed by atoms with Gasteiger partial charge in [-0.1, -0.05) is 60.7 Å². The highest BCUT2D eigenvalue weighted by Crippen LogP contribution is 2.31. The van der Waals surface area contributed by atoms with Crippen molar-refractivity contribution < 1.29 is 24.9 Å². The third-order valence-electron chi connectivity index (χ3n) is 5.95. The van der Waals surface area contributed by atoms with Crippen LogP contribution in [0.2, 0.25) is 0 Å². The number of benzene rings is 5. The molecule has 36 heavy (non-hydrogen) atoms. The van der Waals surface area contributed by atoms with Gasteiger partial charge in [-0.3, -0.25) is 9.59 Å². The Morgan fingerprint density at radius 2 is 1.31 bits per heavy atom. The van der Waals surface area contributed by atoms with Crippen molar-refractivity contribution in [2.24, 2.45) is 0 Å². The predicted molar refractivity (Wildman–Crippen MR) is 139 cm³/mol. The molecule has 6 heteroatoms. The van der Waals surface area contributed by atoms with Crippen molar-refractivity contribution in [3.05, 3.63) is 120 Å². The first kappa shape index (κ1) is 22.7. The summed E-state index contributed by atoms with van der Waals surface area (Å²) in [6.45, 7) is 0. The van der Waals surface area contributed by atoms with E-state index in [0.717, 1.165) is 10.8 Å². The number of fused-ring (bicyclic) bond motifs is 1. The molecular weight excluding hydrogens is 454 g/mol. The lowest BCUT2D eigenvalue weighted by atomic mass is 9.93. The normalized spacial score (nSPS) is 10.8. The summed E-state index contributed by atoms with van der Waals surface area (Å²) in [6.07, 6.45) is 0. The molecule has 1 amide bonds. The molecule has 5 rings (SSSR count). The number of phenolic OH excluding ortho intramolecular Hbond substituents is 3. The van der Waals surface area contributed by atoms with E-state index in [1.807, 2.05) is 30.3 Å². The van der Waals surface area contributed by atoms with E-state index < -0.39 is 5.91 Å². The van der Waals surface area contributed by atoms with E-state index in [2.05, 4.69) is 5.32 Å². The van der Waals surface area contributed by atoms with Crippen LogP contribution >= 0.6 is 0 Å². The molecule has 0 aliphatic heterocycles. The highest BCUT2D eigenvalue weighted by Gasteiger charge is 2.17. The van der Waals surface area contributed by atoms with Crippen LogP contribution in [0.15, 0.2) is 103 Å². The van der Waals surface area contributed by atoms with E-state index in [4.69, 9.17) is 0 Å². The van der Waals surface area contributed by atoms with Gasteiger partial charge in [-0.15, -0.1) is 0 Å². The lowest BCUT2D eigenvalue weighted by Crippen LogP contribution is -2.12. The maximum absolute atomic E-state index is 13.2. The molecule has 0 aliphatic carbocycles. The van der Waals surface area contributed by atoms with Crippen LogP contribution in [0.3, 0.4) is 0 Å². The number of aromatic hydroxyl groups is 3. The van der Waals surface area contributed by atoms with E-state index >= 15 is 0 Å². The Balaban J connectivity index is 1.46. The van der Waals surface area contributed by atoms with Crippen molar-refractivity contribution in [1.29, 1.82) is 0 Å². The zero-order valence-corrected chi connectivity index (χ0v) is 19.0. The van der Waals surface area contributed by atoms with Crippen LogP contribution in [0.25, 0.3) is 21.9 Å². The number of nitrogens with one attached hydrogen (secondary N) is 1. The van der Waals surface area contributed by atoms with E-state index in [0.29, 0.717) is 22.4 Å². The average Bonchev–Trinajstić information content (AvgIpc) is 2.89. The van der Waals surface area contributed by atoms with Crippen molar-refractivity contribution in [1.82, 2.24) is 0 Å². The number of amides is 1. The maximum Gasteiger partial charge on any atom is 0.259 e. The lowest BCUT2D eigenvalue weighted by molar-refractivity contribution is 0.102. The number of rotatable bonds is 5. The van der Waals surface area contributed by atoms with Crippen LogP contribution in [-0.4, -0.2) is 27.0 Å². The second-order valence-electron chi connectivity index (χ2n) is 8.33. The first-order valence-electron chi connectivity index (χ1n) is 11.2. The van der Waals surface area contributed by atoms with Gasteiger partial charge in [-0.2, -0.15) is 0 Å². The molecule has 0 saturated heterocycles. The molecule has 0 spiro atoms. The van der Waals surface area contributed by atoms with Gasteiger partial charge in [0.15, 0.2) is 17.3 Å². The molecule has 6 nitrogen and oxygen atoms in total. The fraction of sp³-hybridized carbons (Fsp3) is 0. The van der Waals surface area contributed by atoms with Crippen LogP contribution in [0.1, 0.15) is 26.3 Å². The van der Waals surface area contributed by atoms with E-state index in [-0.39, 0.29) is 34.2 Å². The molecule has 0 aromatic heterocycles. The average molecular weight is 476 g/mol. The maximum atomic E-state index is 13.2. The Hall–Kier alpha value is -5.10. The molecule has 176 valence electrons. The minimum Gasteiger partial charge on any atom is -0.507 e. The molecule has 0 saturated carbocycles. The first-order valence-corrected chi connectivity index (χ1v) is 11.2. The summed E-state index contributed by atoms with van der Waals surface area (Å²) in [5, 5.41) is 34.3. The molecule has 5 aromatic carbocycles. The van der Waals surface area contributed by atoms with Crippen molar-refractivity contribution in [3.8, 4) is 28.4 Å². The van der Waals surface area contributed by atoms with Gasteiger partial charge < -0.3 is 20.6 Å². The topological polar surface area (TPSA) is 107 Å². The molecular formula is C30H21NO5. The Labute approximate surface area is 206 Å². The summed E-state index contributed by atoms with van der Waals surface area (Å²) in [7, 11) is 0. The minimum atomic E-state index is -0.459. The number of carbonyl (C=O) groups is 2. The highest BCUT2D eigenvalue weighted by molar-refractivity contribution is 6.13. The fourth-order valence-corrected chi connectivity index (χ4v) is 4.13. The number of hydrogen-bond acceptors (Lipinski definition) is 5. The van der Waals surface area contributed by atoms with Crippen molar-refractivity contribution in [2.45, 2.75) is 0 Å². The van der Waals surface area contributed by atoms with Crippen LogP contribution in [0.4, 0.5) is 5.69 Å². The molecule has 0 heterocycles. The van der Waals surface area contributed by atoms with Gasteiger partial charge in [0, 0.05) is 16.8 Å². The molecule has 0 atom stereocenters. The Morgan fingerprint density at radius 3 is 2.08 bits per heavy atom. The highest BCUT2D eigenvalue weighted by atomic mass is 16.3. The van der Waals surface area contributed by atoms with Gasteiger partial charge >= 0.3 is 0 Å². The van der Waals surface area contributed by atoms with E-state index in [9.17, 15) is 24.9 Å². The molecule has 0 bridgehead atoms. The SMILES string of the molecule is O=C(Nc1cccc(-c2ccccc2C(=O)c2ccc(O)c(O)c2)c1)c1cc2ccccc2cc1O. The summed E-state index contributed by atoms with van der Waals surface area (Å²) in [5.41, 5.74) is 2.62. The molecule has 0 aliphatic rings. The predicted octanol–water partition coefficient (Wildman–Crippen LogP) is 6.11. The minimum absolute atomic E-state index is 0.115. The standard InChI is InChI=1S/C30H21NO5/c32-26-13-12-21(17-28(26)34)29(35)24-11-4-3-10-23(24)20-8-5-9-22(14-20)31-30(36)25-15-18-6-1-2-7-19(18)16-27(25)33/h1-17,32-34H,(H,31,36). The van der Waals surface area contributed by atoms with Gasteiger partial charge in [0.25, 0.3) is 5.91 Å². The molecule has 5 aromatic rings. The largest absolute Gasteiger partial charge is 0.507 e. The monoisotopic (exact) mass is 475 g/mol. The second kappa shape index (κ2) is 9.27. The summed E-state index contributed by atoms with van der Waals surface area (Å²) in [6, 6.07) is 28.7. The third-order valence-corrected chi connectivity index (χ3v) is 5.95. The van der Waals surface area contributed by atoms with Gasteiger partial charge in [0.05, 0.1) is 5.56 Å². The van der Waals surface area contributed by atoms with Gasteiger partial charge in [-0.25, -0.2) is 0 Å². The molecule has 0 fully saturated rings. The van der Waals surface area contributed by atoms with Crippen molar-refractivity contribution >= 4 is 28.2 Å². The van der Waals surface area contributed by atoms with Gasteiger partial charge in [0.2, 0.25) is 0 Å². The Morgan fingerprint density at radius 1 is 0.583 bits per heavy atom. The number of phenols is 3. The van der Waals surface area contributed by atoms with Crippen LogP contribution in [0, 0.1) is 0 Å². The van der Waals surface area contributed by atoms with Crippen LogP contribution < -0.4 is 5.32 Å². The number of carbonyl (C=O) groups excluding carboxylic acids is 2. The molecule has 4 N–H and O–H groups in total. The smallest absolute Gasteiger partial charge is 0.259 e. The third kappa shape index (κ3) is 4.35. The van der Waals surface area contributed by atoms with Crippen molar-refractivity contribution in [3.63, 3.8) is 0 Å². The number of anilines is 1. The van der Waals surface area contributed by atoms with Crippen molar-refractivity contribution in [2.75, 3.05) is 5.32 Å². The summed E-state index contributed by atoms with van der Waals surface area (Å²) >= 11 is 0. The van der Waals surface area contributed by atoms with Crippen LogP contribution in [0.5, 0.6) is 17.2 Å². The summed E-state index contributed by atoms with van der Waals surface area (Å²) < 4.78 is 0. The summed E-state index contributed by atoms with van der Waals surface area (Å²) in [5.74, 6) is -1.58. The van der Waals surface area contributed by atoms with Crippen LogP contribution in [-0.2, 0) is 0 Å². The Kier molecular flexibility index (Phi) is 5.84. The number of hydrogen-bond donors (Lipinski definition) is 4. The quantitative estimate of drug-likeness (QED) is 0.181. The zero-order chi connectivity index (χ0) is 25.2. The van der Waals surface area contributed by atoms with Gasteiger partial charge in [-0.05, 0) is 64.4 Å². The second-order valence-corrected chi connectivity index (χ2v) is 8.33. The van der Waals surface area contributed by atoms with E-state index in [1.165, 1.54) is 18.2 Å². The zero-order valence-electron chi connectivity index (χ0n) is 19.0. The lowest BCUT2D eigenvalue weighted by Gasteiger charge is -2.12. The summed E-state index contributed by atoms with van der Waals surface area (Å²) in [4.78, 5) is 26.2. The molecule has 0 radical (unpaired) electrons. The van der Waals surface area contributed by atoms with Gasteiger partial charge in [0.1, 0.15) is 5.75 Å². The molecule has 0 unspecified atom stereocenters. The first-order chi connectivity index (χ1) is 17.4. The Bertz CT molecular complexity index is 1640.